The van der Waals surface area contributed by atoms with Gasteiger partial charge in [-0.15, -0.1) is 0 Å². The molecule has 2 fully saturated rings. The van der Waals surface area contributed by atoms with E-state index in [1.807, 2.05) is 11.0 Å². The van der Waals surface area contributed by atoms with Crippen LogP contribution in [0, 0.1) is 11.8 Å². The lowest BCUT2D eigenvalue weighted by molar-refractivity contribution is -0.149. The van der Waals surface area contributed by atoms with Gasteiger partial charge in [0.25, 0.3) is 0 Å². The second-order valence-electron chi connectivity index (χ2n) is 6.12. The number of nitrogens with one attached hydrogen (secondary N) is 1. The molecule has 1 aromatic heterocycles. The van der Waals surface area contributed by atoms with Crippen LogP contribution in [0.2, 0.25) is 0 Å². The van der Waals surface area contributed by atoms with Gasteiger partial charge < -0.3 is 10.0 Å². The van der Waals surface area contributed by atoms with E-state index in [1.165, 1.54) is 0 Å². The number of aromatic amines is 1. The molecule has 1 saturated heterocycles. The summed E-state index contributed by atoms with van der Waals surface area (Å²) in [6.07, 6.45) is 5.90. The Hall–Kier alpha value is -1.85. The van der Waals surface area contributed by atoms with E-state index in [9.17, 15) is 14.7 Å². The van der Waals surface area contributed by atoms with Gasteiger partial charge in [0.05, 0.1) is 11.8 Å². The molecule has 0 radical (unpaired) electrons. The van der Waals surface area contributed by atoms with Crippen molar-refractivity contribution in [3.63, 3.8) is 0 Å². The summed E-state index contributed by atoms with van der Waals surface area (Å²) >= 11 is 0. The quantitative estimate of drug-likeness (QED) is 0.886. The fourth-order valence-corrected chi connectivity index (χ4v) is 3.71. The number of hydrogen-bond acceptors (Lipinski definition) is 3. The monoisotopic (exact) mass is 291 g/mol. The number of hydrogen-bond donors (Lipinski definition) is 2. The second-order valence-corrected chi connectivity index (χ2v) is 6.12. The van der Waals surface area contributed by atoms with Crippen LogP contribution >= 0.6 is 0 Å². The van der Waals surface area contributed by atoms with Crippen LogP contribution in [0.15, 0.2) is 12.3 Å². The minimum atomic E-state index is -0.826. The summed E-state index contributed by atoms with van der Waals surface area (Å²) in [6, 6.07) is 1.95. The number of likely N-dealkylation sites (tertiary alicyclic amines) is 1. The summed E-state index contributed by atoms with van der Waals surface area (Å²) in [7, 11) is 0. The molecule has 1 aliphatic carbocycles. The third-order valence-electron chi connectivity index (χ3n) is 4.85. The first-order valence-electron chi connectivity index (χ1n) is 7.67. The number of carbonyl (C=O) groups excluding carboxylic acids is 1. The van der Waals surface area contributed by atoms with Crippen LogP contribution in [-0.2, 0) is 9.59 Å². The number of H-pyrrole nitrogens is 1. The molecule has 1 aromatic rings. The fraction of sp³-hybridized carbons (Fsp3) is 0.667. The molecule has 0 bridgehead atoms. The Morgan fingerprint density at radius 3 is 2.76 bits per heavy atom. The highest BCUT2D eigenvalue weighted by molar-refractivity contribution is 5.85. The van der Waals surface area contributed by atoms with Crippen molar-refractivity contribution < 1.29 is 14.7 Å². The normalized spacial score (nSPS) is 29.5. The summed E-state index contributed by atoms with van der Waals surface area (Å²) in [5, 5.41) is 16.2. The Balaban J connectivity index is 1.68. The van der Waals surface area contributed by atoms with Gasteiger partial charge >= 0.3 is 5.97 Å². The molecular weight excluding hydrogens is 270 g/mol. The zero-order valence-corrected chi connectivity index (χ0v) is 12.0. The second kappa shape index (κ2) is 5.87. The zero-order valence-electron chi connectivity index (χ0n) is 12.0. The van der Waals surface area contributed by atoms with Crippen molar-refractivity contribution >= 4 is 11.9 Å². The molecule has 3 rings (SSSR count). The van der Waals surface area contributed by atoms with E-state index in [0.29, 0.717) is 19.4 Å². The van der Waals surface area contributed by atoms with Crippen molar-refractivity contribution in [2.24, 2.45) is 11.8 Å². The number of piperidine rings is 1. The van der Waals surface area contributed by atoms with Gasteiger partial charge in [0.15, 0.2) is 0 Å². The molecule has 1 amide bonds. The van der Waals surface area contributed by atoms with Gasteiger partial charge in [-0.1, -0.05) is 6.42 Å². The van der Waals surface area contributed by atoms with Gasteiger partial charge in [0, 0.05) is 30.9 Å². The van der Waals surface area contributed by atoms with Gasteiger partial charge in [0.1, 0.15) is 0 Å². The van der Waals surface area contributed by atoms with Gasteiger partial charge in [-0.05, 0) is 31.7 Å². The average Bonchev–Trinajstić information content (AvgIpc) is 3.17. The van der Waals surface area contributed by atoms with Crippen LogP contribution in [0.1, 0.15) is 43.7 Å². The maximum atomic E-state index is 12.7. The van der Waals surface area contributed by atoms with Crippen molar-refractivity contribution in [2.45, 2.75) is 38.0 Å². The average molecular weight is 291 g/mol. The van der Waals surface area contributed by atoms with Crippen LogP contribution < -0.4 is 0 Å². The van der Waals surface area contributed by atoms with Gasteiger partial charge in [0.2, 0.25) is 5.91 Å². The molecule has 1 unspecified atom stereocenters. The predicted octanol–water partition coefficient (Wildman–Crippen LogP) is 1.62. The molecule has 3 atom stereocenters. The Bertz CT molecular complexity index is 514. The number of carboxylic acid groups (broad SMARTS) is 1. The maximum absolute atomic E-state index is 12.7. The zero-order chi connectivity index (χ0) is 14.8. The Morgan fingerprint density at radius 2 is 2.05 bits per heavy atom. The van der Waals surface area contributed by atoms with Crippen LogP contribution in [0.5, 0.6) is 0 Å². The molecule has 0 aromatic carbocycles. The van der Waals surface area contributed by atoms with Gasteiger partial charge in [-0.2, -0.15) is 5.10 Å². The van der Waals surface area contributed by atoms with E-state index >= 15 is 0 Å². The predicted molar refractivity (Wildman–Crippen MR) is 75.6 cm³/mol. The number of aliphatic carboxylic acids is 1. The third-order valence-corrected chi connectivity index (χ3v) is 4.85. The first-order chi connectivity index (χ1) is 10.2. The lowest BCUT2D eigenvalue weighted by Crippen LogP contribution is -2.44. The minimum absolute atomic E-state index is 0.0316. The van der Waals surface area contributed by atoms with E-state index in [-0.39, 0.29) is 17.7 Å². The molecular formula is C15H21N3O3. The molecule has 2 heterocycles. The van der Waals surface area contributed by atoms with Crippen LogP contribution in [0.25, 0.3) is 0 Å². The van der Waals surface area contributed by atoms with Crippen LogP contribution in [0.4, 0.5) is 0 Å². The van der Waals surface area contributed by atoms with E-state index in [2.05, 4.69) is 10.2 Å². The maximum Gasteiger partial charge on any atom is 0.307 e. The molecule has 6 heteroatoms. The van der Waals surface area contributed by atoms with Crippen LogP contribution in [0.3, 0.4) is 0 Å². The largest absolute Gasteiger partial charge is 0.481 e. The van der Waals surface area contributed by atoms with E-state index < -0.39 is 11.9 Å². The first-order valence-corrected chi connectivity index (χ1v) is 7.67. The summed E-state index contributed by atoms with van der Waals surface area (Å²) in [6.45, 7) is 1.41. The van der Waals surface area contributed by atoms with Crippen molar-refractivity contribution in [1.82, 2.24) is 15.1 Å². The highest BCUT2D eigenvalue weighted by Crippen LogP contribution is 2.35. The van der Waals surface area contributed by atoms with Crippen molar-refractivity contribution in [3.05, 3.63) is 18.0 Å². The number of carboxylic acids is 1. The summed E-state index contributed by atoms with van der Waals surface area (Å²) < 4.78 is 0. The SMILES string of the molecule is O=C(O)[C@H]1CCC[C@H]1C(=O)N1CCCC(c2ccn[nH]2)C1. The van der Waals surface area contributed by atoms with E-state index in [1.54, 1.807) is 6.20 Å². The van der Waals surface area contributed by atoms with E-state index in [0.717, 1.165) is 31.5 Å². The topological polar surface area (TPSA) is 86.3 Å². The number of amides is 1. The molecule has 0 spiro atoms. The Kier molecular flexibility index (Phi) is 3.94. The lowest BCUT2D eigenvalue weighted by atomic mass is 9.91. The van der Waals surface area contributed by atoms with Crippen molar-refractivity contribution in [1.29, 1.82) is 0 Å². The molecule has 114 valence electrons. The number of carbonyl (C=O) groups is 2. The molecule has 1 aliphatic heterocycles. The van der Waals surface area contributed by atoms with Crippen molar-refractivity contribution in [2.75, 3.05) is 13.1 Å². The molecule has 21 heavy (non-hydrogen) atoms. The number of rotatable bonds is 3. The van der Waals surface area contributed by atoms with E-state index in [4.69, 9.17) is 0 Å². The number of aromatic nitrogens is 2. The first kappa shape index (κ1) is 14.1. The van der Waals surface area contributed by atoms with Gasteiger partial charge in [-0.25, -0.2) is 0 Å². The molecule has 6 nitrogen and oxygen atoms in total. The van der Waals surface area contributed by atoms with Gasteiger partial charge in [-0.3, -0.25) is 14.7 Å². The molecule has 2 N–H and O–H groups in total. The minimum Gasteiger partial charge on any atom is -0.481 e. The molecule has 2 aliphatic rings. The highest BCUT2D eigenvalue weighted by atomic mass is 16.4. The Labute approximate surface area is 123 Å². The smallest absolute Gasteiger partial charge is 0.307 e. The molecule has 1 saturated carbocycles. The Morgan fingerprint density at radius 1 is 1.24 bits per heavy atom. The lowest BCUT2D eigenvalue weighted by Gasteiger charge is -2.34. The summed E-state index contributed by atoms with van der Waals surface area (Å²) in [5.74, 6) is -1.33. The third kappa shape index (κ3) is 2.80. The van der Waals surface area contributed by atoms with Crippen molar-refractivity contribution in [3.8, 4) is 0 Å². The van der Waals surface area contributed by atoms with Crippen LogP contribution in [-0.4, -0.2) is 45.2 Å². The summed E-state index contributed by atoms with van der Waals surface area (Å²) in [5.41, 5.74) is 1.06. The number of nitrogens with zero attached hydrogens (tertiary/aromatic N) is 2. The fourth-order valence-electron chi connectivity index (χ4n) is 3.71. The summed E-state index contributed by atoms with van der Waals surface area (Å²) in [4.78, 5) is 25.8. The highest BCUT2D eigenvalue weighted by Gasteiger charge is 2.40. The standard InChI is InChI=1S/C15H21N3O3/c19-14(11-4-1-5-12(11)15(20)21)18-8-2-3-10(9-18)13-6-7-16-17-13/h6-7,10-12H,1-5,8-9H2,(H,16,17)(H,20,21)/t10?,11-,12+/m1/s1.